The molecule has 1 aliphatic rings. The summed E-state index contributed by atoms with van der Waals surface area (Å²) in [6.07, 6.45) is 4.92. The maximum absolute atomic E-state index is 9.28. The fourth-order valence-electron chi connectivity index (χ4n) is 2.44. The molecule has 100 valence electrons. The molecule has 0 radical (unpaired) electrons. The van der Waals surface area contributed by atoms with Crippen molar-refractivity contribution in [1.82, 2.24) is 9.97 Å². The van der Waals surface area contributed by atoms with E-state index in [1.54, 1.807) is 0 Å². The lowest BCUT2D eigenvalue weighted by Gasteiger charge is -2.18. The van der Waals surface area contributed by atoms with Crippen molar-refractivity contribution in [3.8, 4) is 0 Å². The van der Waals surface area contributed by atoms with Crippen LogP contribution in [0.1, 0.15) is 19.3 Å². The van der Waals surface area contributed by atoms with Gasteiger partial charge >= 0.3 is 0 Å². The van der Waals surface area contributed by atoms with Gasteiger partial charge in [-0.05, 0) is 40.6 Å². The summed E-state index contributed by atoms with van der Waals surface area (Å²) in [4.78, 5) is 8.17. The average molecular weight is 316 g/mol. The Morgan fingerprint density at radius 2 is 2.06 bits per heavy atom. The zero-order chi connectivity index (χ0) is 13.0. The number of nitrogens with zero attached hydrogens (tertiary/aromatic N) is 2. The highest BCUT2D eigenvalue weighted by Crippen LogP contribution is 2.32. The highest BCUT2D eigenvalue weighted by Gasteiger charge is 2.26. The van der Waals surface area contributed by atoms with E-state index in [2.05, 4.69) is 36.6 Å². The molecular weight excluding hydrogens is 298 g/mol. The summed E-state index contributed by atoms with van der Waals surface area (Å²) in [6, 6.07) is 0. The Kier molecular flexibility index (Phi) is 4.73. The van der Waals surface area contributed by atoms with Gasteiger partial charge < -0.3 is 15.8 Å². The summed E-state index contributed by atoms with van der Waals surface area (Å²) in [5.74, 6) is 7.54. The molecule has 5 N–H and O–H groups in total. The fraction of sp³-hybridized carbons (Fsp3) is 0.636. The molecule has 2 rings (SSSR count). The van der Waals surface area contributed by atoms with Crippen molar-refractivity contribution in [2.45, 2.75) is 19.3 Å². The number of hydrazine groups is 1. The molecule has 0 aromatic carbocycles. The van der Waals surface area contributed by atoms with Gasteiger partial charge in [-0.1, -0.05) is 6.42 Å². The van der Waals surface area contributed by atoms with Gasteiger partial charge in [0.05, 0.1) is 0 Å². The van der Waals surface area contributed by atoms with Crippen LogP contribution < -0.4 is 16.6 Å². The number of nitrogens with two attached hydrogens (primary N) is 1. The van der Waals surface area contributed by atoms with Gasteiger partial charge in [-0.25, -0.2) is 15.8 Å². The first-order valence-corrected chi connectivity index (χ1v) is 6.87. The Hall–Kier alpha value is -0.920. The number of halogens is 1. The van der Waals surface area contributed by atoms with E-state index in [0.29, 0.717) is 17.7 Å². The van der Waals surface area contributed by atoms with Gasteiger partial charge in [-0.2, -0.15) is 0 Å². The number of hydrogen-bond donors (Lipinski definition) is 4. The van der Waals surface area contributed by atoms with Crippen LogP contribution in [-0.4, -0.2) is 28.2 Å². The third-order valence-corrected chi connectivity index (χ3v) is 4.26. The van der Waals surface area contributed by atoms with Crippen molar-refractivity contribution in [2.24, 2.45) is 17.7 Å². The Morgan fingerprint density at radius 1 is 1.33 bits per heavy atom. The lowest BCUT2D eigenvalue weighted by atomic mass is 9.97. The number of nitrogen functional groups attached to an aromatic ring is 1. The Balaban J connectivity index is 1.98. The number of rotatable bonds is 5. The van der Waals surface area contributed by atoms with Crippen LogP contribution >= 0.6 is 15.9 Å². The SMILES string of the molecule is NNc1ncnc(NCC2CCCC2CO)c1Br. The number of aliphatic hydroxyl groups excluding tert-OH is 1. The molecule has 0 aliphatic heterocycles. The van der Waals surface area contributed by atoms with Crippen molar-refractivity contribution in [1.29, 1.82) is 0 Å². The first kappa shape index (κ1) is 13.5. The minimum Gasteiger partial charge on any atom is -0.396 e. The molecule has 2 atom stereocenters. The minimum atomic E-state index is 0.271. The average Bonchev–Trinajstić information content (AvgIpc) is 2.85. The van der Waals surface area contributed by atoms with Crippen LogP contribution in [0.25, 0.3) is 0 Å². The van der Waals surface area contributed by atoms with Crippen LogP contribution in [-0.2, 0) is 0 Å². The molecule has 1 fully saturated rings. The second-order valence-corrected chi connectivity index (χ2v) is 5.34. The summed E-state index contributed by atoms with van der Waals surface area (Å²) in [7, 11) is 0. The van der Waals surface area contributed by atoms with E-state index in [9.17, 15) is 5.11 Å². The van der Waals surface area contributed by atoms with Crippen LogP contribution in [0.4, 0.5) is 11.6 Å². The molecule has 0 amide bonds. The number of anilines is 2. The highest BCUT2D eigenvalue weighted by atomic mass is 79.9. The predicted octanol–water partition coefficient (Wildman–Crippen LogP) is 1.35. The number of hydrogen-bond acceptors (Lipinski definition) is 6. The molecule has 6 nitrogen and oxygen atoms in total. The normalized spacial score (nSPS) is 23.1. The maximum atomic E-state index is 9.28. The minimum absolute atomic E-state index is 0.271. The molecule has 0 spiro atoms. The molecule has 1 aliphatic carbocycles. The molecule has 7 heteroatoms. The zero-order valence-electron chi connectivity index (χ0n) is 10.1. The fourth-order valence-corrected chi connectivity index (χ4v) is 2.90. The second kappa shape index (κ2) is 6.31. The molecule has 0 saturated heterocycles. The lowest BCUT2D eigenvalue weighted by Crippen LogP contribution is -2.21. The van der Waals surface area contributed by atoms with Crippen LogP contribution in [0.3, 0.4) is 0 Å². The topological polar surface area (TPSA) is 96.1 Å². The predicted molar refractivity (Wildman–Crippen MR) is 73.9 cm³/mol. The van der Waals surface area contributed by atoms with Crippen LogP contribution in [0.2, 0.25) is 0 Å². The molecule has 1 aromatic heterocycles. The van der Waals surface area contributed by atoms with Crippen molar-refractivity contribution < 1.29 is 5.11 Å². The lowest BCUT2D eigenvalue weighted by molar-refractivity contribution is 0.199. The summed E-state index contributed by atoms with van der Waals surface area (Å²) in [5.41, 5.74) is 2.51. The molecule has 1 heterocycles. The van der Waals surface area contributed by atoms with Gasteiger partial charge in [-0.3, -0.25) is 0 Å². The van der Waals surface area contributed by atoms with E-state index in [1.165, 1.54) is 12.7 Å². The van der Waals surface area contributed by atoms with Gasteiger partial charge in [0.25, 0.3) is 0 Å². The Labute approximate surface area is 114 Å². The first-order chi connectivity index (χ1) is 8.76. The van der Waals surface area contributed by atoms with Gasteiger partial charge in [0.15, 0.2) is 5.82 Å². The molecular formula is C11H18BrN5O. The largest absolute Gasteiger partial charge is 0.396 e. The number of aliphatic hydroxyl groups is 1. The molecule has 1 aromatic rings. The van der Waals surface area contributed by atoms with Crippen LogP contribution in [0, 0.1) is 11.8 Å². The van der Waals surface area contributed by atoms with Crippen LogP contribution in [0.5, 0.6) is 0 Å². The van der Waals surface area contributed by atoms with Crippen molar-refractivity contribution in [2.75, 3.05) is 23.9 Å². The monoisotopic (exact) mass is 315 g/mol. The van der Waals surface area contributed by atoms with Crippen molar-refractivity contribution in [3.05, 3.63) is 10.8 Å². The van der Waals surface area contributed by atoms with Crippen LogP contribution in [0.15, 0.2) is 10.8 Å². The summed E-state index contributed by atoms with van der Waals surface area (Å²) in [6.45, 7) is 1.08. The number of aromatic nitrogens is 2. The maximum Gasteiger partial charge on any atom is 0.159 e. The molecule has 18 heavy (non-hydrogen) atoms. The Morgan fingerprint density at radius 3 is 2.78 bits per heavy atom. The smallest absolute Gasteiger partial charge is 0.159 e. The molecule has 1 saturated carbocycles. The highest BCUT2D eigenvalue weighted by molar-refractivity contribution is 9.10. The second-order valence-electron chi connectivity index (χ2n) is 4.54. The van der Waals surface area contributed by atoms with E-state index in [0.717, 1.165) is 29.7 Å². The molecule has 2 unspecified atom stereocenters. The van der Waals surface area contributed by atoms with E-state index in [4.69, 9.17) is 5.84 Å². The summed E-state index contributed by atoms with van der Waals surface area (Å²) in [5, 5.41) is 12.6. The van der Waals surface area contributed by atoms with E-state index in [1.807, 2.05) is 0 Å². The zero-order valence-corrected chi connectivity index (χ0v) is 11.7. The van der Waals surface area contributed by atoms with Crippen molar-refractivity contribution in [3.63, 3.8) is 0 Å². The third kappa shape index (κ3) is 2.90. The van der Waals surface area contributed by atoms with Gasteiger partial charge in [-0.15, -0.1) is 0 Å². The van der Waals surface area contributed by atoms with Gasteiger partial charge in [0, 0.05) is 13.2 Å². The Bertz CT molecular complexity index is 403. The van der Waals surface area contributed by atoms with E-state index >= 15 is 0 Å². The molecule has 0 bridgehead atoms. The summed E-state index contributed by atoms with van der Waals surface area (Å²) < 4.78 is 0.728. The first-order valence-electron chi connectivity index (χ1n) is 6.08. The van der Waals surface area contributed by atoms with E-state index < -0.39 is 0 Å². The standard InChI is InChI=1S/C11H18BrN5O/c12-9-10(15-6-16-11(9)17-13)14-4-7-2-1-3-8(7)5-18/h6-8,18H,1-5,13H2,(H2,14,15,16,17). The number of nitrogens with one attached hydrogen (secondary N) is 2. The van der Waals surface area contributed by atoms with Gasteiger partial charge in [0.2, 0.25) is 0 Å². The quantitative estimate of drug-likeness (QED) is 0.484. The summed E-state index contributed by atoms with van der Waals surface area (Å²) >= 11 is 3.40. The third-order valence-electron chi connectivity index (χ3n) is 3.51. The van der Waals surface area contributed by atoms with Crippen molar-refractivity contribution >= 4 is 27.6 Å². The van der Waals surface area contributed by atoms with E-state index in [-0.39, 0.29) is 6.61 Å². The van der Waals surface area contributed by atoms with Gasteiger partial charge in [0.1, 0.15) is 16.6 Å².